The molecule has 0 bridgehead atoms. The molecule has 34 heavy (non-hydrogen) atoms. The number of nitrogens with zero attached hydrogens (tertiary/aromatic N) is 3. The van der Waals surface area contributed by atoms with Gasteiger partial charge in [0, 0.05) is 25.2 Å². The van der Waals surface area contributed by atoms with Gasteiger partial charge in [-0.2, -0.15) is 0 Å². The van der Waals surface area contributed by atoms with Crippen molar-refractivity contribution in [3.05, 3.63) is 62.6 Å². The summed E-state index contributed by atoms with van der Waals surface area (Å²) in [5, 5.41) is 13.3. The van der Waals surface area contributed by atoms with Crippen LogP contribution in [-0.2, 0) is 6.54 Å². The van der Waals surface area contributed by atoms with Gasteiger partial charge in [0.1, 0.15) is 5.56 Å². The zero-order valence-corrected chi connectivity index (χ0v) is 18.8. The minimum atomic E-state index is -1.07. The van der Waals surface area contributed by atoms with E-state index < -0.39 is 34.6 Å². The normalized spacial score (nSPS) is 21.7. The molecule has 3 aliphatic rings. The predicted molar refractivity (Wildman–Crippen MR) is 119 cm³/mol. The van der Waals surface area contributed by atoms with Gasteiger partial charge in [-0.3, -0.25) is 19.3 Å². The van der Waals surface area contributed by atoms with Crippen molar-refractivity contribution in [2.75, 3.05) is 26.2 Å². The molecule has 0 radical (unpaired) electrons. The van der Waals surface area contributed by atoms with Gasteiger partial charge in [0.15, 0.2) is 23.1 Å². The van der Waals surface area contributed by atoms with Crippen LogP contribution in [0, 0.1) is 11.6 Å². The third kappa shape index (κ3) is 3.39. The van der Waals surface area contributed by atoms with E-state index in [0.29, 0.717) is 25.2 Å². The Kier molecular flexibility index (Phi) is 5.63. The van der Waals surface area contributed by atoms with Crippen molar-refractivity contribution in [3.63, 3.8) is 0 Å². The highest BCUT2D eigenvalue weighted by atomic mass is 19.2. The number of aromatic nitrogens is 1. The Labute approximate surface area is 194 Å². The largest absolute Gasteiger partial charge is 0.503 e. The van der Waals surface area contributed by atoms with Gasteiger partial charge < -0.3 is 19.9 Å². The number of pyridine rings is 1. The fraction of sp³-hybridized carbons (Fsp3) is 0.458. The van der Waals surface area contributed by atoms with Crippen LogP contribution in [0.3, 0.4) is 0 Å². The zero-order chi connectivity index (χ0) is 24.1. The number of nitrogens with one attached hydrogen (secondary N) is 1. The molecule has 0 aliphatic carbocycles. The maximum atomic E-state index is 14.1. The molecule has 2 aromatic rings. The first-order valence-corrected chi connectivity index (χ1v) is 11.6. The van der Waals surface area contributed by atoms with Gasteiger partial charge in [-0.25, -0.2) is 8.78 Å². The molecule has 0 saturated carbocycles. The number of hydrogen-bond acceptors (Lipinski definition) is 5. The van der Waals surface area contributed by atoms with Crippen molar-refractivity contribution in [2.45, 2.75) is 44.8 Å². The molecule has 2 N–H and O–H groups in total. The summed E-state index contributed by atoms with van der Waals surface area (Å²) in [6.07, 6.45) is 2.60. The monoisotopic (exact) mass is 472 g/mol. The number of carbonyl (C=O) groups is 2. The summed E-state index contributed by atoms with van der Waals surface area (Å²) in [5.74, 6) is -4.08. The second-order valence-electron chi connectivity index (χ2n) is 9.04. The first-order chi connectivity index (χ1) is 16.3. The van der Waals surface area contributed by atoms with Crippen LogP contribution in [0.5, 0.6) is 5.75 Å². The summed E-state index contributed by atoms with van der Waals surface area (Å²) < 4.78 is 29.3. The van der Waals surface area contributed by atoms with Gasteiger partial charge >= 0.3 is 0 Å². The van der Waals surface area contributed by atoms with Crippen LogP contribution in [0.25, 0.3) is 0 Å². The molecular weight excluding hydrogens is 446 g/mol. The molecule has 4 heterocycles. The van der Waals surface area contributed by atoms with Crippen LogP contribution in [0.2, 0.25) is 0 Å². The van der Waals surface area contributed by atoms with Crippen molar-refractivity contribution in [1.82, 2.24) is 19.7 Å². The standard InChI is InChI=1S/C24H26F2N4O4/c1-2-28-12-14-10-16(29-8-3-4-9-29)19-17(21(31)22(32)20(24(28)34)30(14)19)23(33)27-11-13-6-5-7-15(25)18(13)26/h5-7,14,16,32H,2-4,8-12H2,1H3,(H,27,33)/t14-,16+/m0/s1. The highest BCUT2D eigenvalue weighted by Gasteiger charge is 2.46. The molecule has 5 rings (SSSR count). The second kappa shape index (κ2) is 8.50. The Hall–Kier alpha value is -3.27. The minimum Gasteiger partial charge on any atom is -0.503 e. The topological polar surface area (TPSA) is 94.9 Å². The van der Waals surface area contributed by atoms with Crippen LogP contribution in [0.1, 0.15) is 70.4 Å². The van der Waals surface area contributed by atoms with Crippen LogP contribution in [-0.4, -0.2) is 57.5 Å². The van der Waals surface area contributed by atoms with E-state index in [4.69, 9.17) is 0 Å². The Bertz CT molecular complexity index is 1240. The summed E-state index contributed by atoms with van der Waals surface area (Å²) in [7, 11) is 0. The lowest BCUT2D eigenvalue weighted by molar-refractivity contribution is 0.0672. The number of rotatable bonds is 5. The number of likely N-dealkylation sites (N-methyl/N-ethyl adjacent to an activating group) is 1. The third-order valence-electron chi connectivity index (χ3n) is 7.18. The number of likely N-dealkylation sites (tertiary alicyclic amines) is 1. The maximum Gasteiger partial charge on any atom is 0.274 e. The van der Waals surface area contributed by atoms with Crippen LogP contribution in [0.15, 0.2) is 23.0 Å². The van der Waals surface area contributed by atoms with E-state index in [9.17, 15) is 28.3 Å². The number of amides is 2. The van der Waals surface area contributed by atoms with Crippen molar-refractivity contribution in [3.8, 4) is 5.75 Å². The molecule has 1 saturated heterocycles. The lowest BCUT2D eigenvalue weighted by Crippen LogP contribution is -2.44. The van der Waals surface area contributed by atoms with Crippen LogP contribution >= 0.6 is 0 Å². The van der Waals surface area contributed by atoms with Gasteiger partial charge in [0.25, 0.3) is 11.8 Å². The Morgan fingerprint density at radius 3 is 2.65 bits per heavy atom. The fourth-order valence-electron chi connectivity index (χ4n) is 5.54. The Balaban J connectivity index is 1.60. The average Bonchev–Trinajstić information content (AvgIpc) is 3.47. The summed E-state index contributed by atoms with van der Waals surface area (Å²) in [4.78, 5) is 43.4. The predicted octanol–water partition coefficient (Wildman–Crippen LogP) is 2.32. The second-order valence-corrected chi connectivity index (χ2v) is 9.04. The van der Waals surface area contributed by atoms with Crippen molar-refractivity contribution >= 4 is 11.8 Å². The molecule has 0 unspecified atom stereocenters. The Morgan fingerprint density at radius 1 is 1.21 bits per heavy atom. The van der Waals surface area contributed by atoms with Crippen molar-refractivity contribution in [2.24, 2.45) is 0 Å². The SMILES string of the molecule is CCN1C[C@@H]2C[C@@H](N3CCCC3)c3c(C(=O)NCc4cccc(F)c4F)c(=O)c(O)c(n32)C1=O. The highest BCUT2D eigenvalue weighted by molar-refractivity contribution is 6.00. The summed E-state index contributed by atoms with van der Waals surface area (Å²) in [5.41, 5.74) is -0.877. The summed E-state index contributed by atoms with van der Waals surface area (Å²) >= 11 is 0. The molecule has 2 atom stereocenters. The molecule has 0 spiro atoms. The molecule has 1 aromatic carbocycles. The fourth-order valence-corrected chi connectivity index (χ4v) is 5.54. The zero-order valence-electron chi connectivity index (χ0n) is 18.8. The van der Waals surface area contributed by atoms with Gasteiger partial charge in [-0.1, -0.05) is 12.1 Å². The van der Waals surface area contributed by atoms with E-state index in [-0.39, 0.29) is 35.4 Å². The lowest BCUT2D eigenvalue weighted by atomic mass is 10.0. The number of carbonyl (C=O) groups excluding carboxylic acids is 2. The van der Waals surface area contributed by atoms with Crippen LogP contribution in [0.4, 0.5) is 8.78 Å². The van der Waals surface area contributed by atoms with E-state index >= 15 is 0 Å². The number of aromatic hydroxyl groups is 1. The molecule has 1 aromatic heterocycles. The maximum absolute atomic E-state index is 14.1. The van der Waals surface area contributed by atoms with E-state index in [0.717, 1.165) is 32.0 Å². The first-order valence-electron chi connectivity index (χ1n) is 11.6. The van der Waals surface area contributed by atoms with Gasteiger partial charge in [-0.15, -0.1) is 0 Å². The smallest absolute Gasteiger partial charge is 0.274 e. The molecular formula is C24H26F2N4O4. The minimum absolute atomic E-state index is 0.0604. The molecule has 180 valence electrons. The summed E-state index contributed by atoms with van der Waals surface area (Å²) in [6.45, 7) is 3.99. The van der Waals surface area contributed by atoms with E-state index in [1.165, 1.54) is 12.1 Å². The van der Waals surface area contributed by atoms with Crippen molar-refractivity contribution < 1.29 is 23.5 Å². The first kappa shape index (κ1) is 22.5. The van der Waals surface area contributed by atoms with Gasteiger partial charge in [0.2, 0.25) is 5.43 Å². The number of hydrogen-bond donors (Lipinski definition) is 2. The Morgan fingerprint density at radius 2 is 1.94 bits per heavy atom. The summed E-state index contributed by atoms with van der Waals surface area (Å²) in [6, 6.07) is 3.23. The third-order valence-corrected chi connectivity index (χ3v) is 7.18. The molecule has 1 fully saturated rings. The van der Waals surface area contributed by atoms with Crippen molar-refractivity contribution in [1.29, 1.82) is 0 Å². The molecule has 8 nitrogen and oxygen atoms in total. The number of halogens is 2. The molecule has 10 heteroatoms. The number of benzene rings is 1. The van der Waals surface area contributed by atoms with Gasteiger partial charge in [-0.05, 0) is 45.3 Å². The quantitative estimate of drug-likeness (QED) is 0.697. The van der Waals surface area contributed by atoms with Gasteiger partial charge in [0.05, 0.1) is 17.8 Å². The van der Waals surface area contributed by atoms with Crippen LogP contribution < -0.4 is 10.7 Å². The lowest BCUT2D eigenvalue weighted by Gasteiger charge is -2.33. The highest BCUT2D eigenvalue weighted by Crippen LogP contribution is 2.45. The average molecular weight is 472 g/mol. The molecule has 2 amide bonds. The van der Waals surface area contributed by atoms with E-state index in [1.54, 1.807) is 9.47 Å². The molecule has 3 aliphatic heterocycles. The van der Waals surface area contributed by atoms with E-state index in [2.05, 4.69) is 10.2 Å². The van der Waals surface area contributed by atoms with E-state index in [1.807, 2.05) is 6.92 Å².